The molecule has 2 aliphatic rings. The van der Waals surface area contributed by atoms with E-state index in [1.807, 2.05) is 5.38 Å². The van der Waals surface area contributed by atoms with Gasteiger partial charge in [-0.25, -0.2) is 4.98 Å². The molecule has 1 N–H and O–H groups in total. The molecule has 3 heterocycles. The molecule has 3 amide bonds. The number of hydrogen-bond donors (Lipinski definition) is 1. The third-order valence-corrected chi connectivity index (χ3v) is 4.90. The molecule has 0 atom stereocenters. The Bertz CT molecular complexity index is 594. The Morgan fingerprint density at radius 2 is 1.87 bits per heavy atom. The van der Waals surface area contributed by atoms with Gasteiger partial charge < -0.3 is 5.32 Å². The summed E-state index contributed by atoms with van der Waals surface area (Å²) in [6.07, 6.45) is 4.15. The second-order valence-electron chi connectivity index (χ2n) is 5.90. The predicted octanol–water partition coefficient (Wildman–Crippen LogP) is 1.22. The van der Waals surface area contributed by atoms with E-state index in [0.717, 1.165) is 30.2 Å². The summed E-state index contributed by atoms with van der Waals surface area (Å²) in [6.45, 7) is 2.77. The van der Waals surface area contributed by atoms with Crippen molar-refractivity contribution >= 4 is 34.2 Å². The van der Waals surface area contributed by atoms with Crippen LogP contribution in [0.4, 0.5) is 5.13 Å². The summed E-state index contributed by atoms with van der Waals surface area (Å²) in [5, 5.41) is 5.13. The maximum atomic E-state index is 12.0. The van der Waals surface area contributed by atoms with Crippen LogP contribution in [-0.4, -0.2) is 52.1 Å². The number of hydrogen-bond acceptors (Lipinski definition) is 6. The quantitative estimate of drug-likeness (QED) is 0.818. The second-order valence-corrected chi connectivity index (χ2v) is 6.76. The molecule has 2 fully saturated rings. The number of anilines is 1. The van der Waals surface area contributed by atoms with Crippen LogP contribution < -0.4 is 5.32 Å². The van der Waals surface area contributed by atoms with Crippen LogP contribution >= 0.6 is 11.3 Å². The first-order chi connectivity index (χ1) is 11.1. The van der Waals surface area contributed by atoms with Crippen LogP contribution in [0.25, 0.3) is 0 Å². The summed E-state index contributed by atoms with van der Waals surface area (Å²) in [7, 11) is 0. The molecule has 0 bridgehead atoms. The molecule has 7 nitrogen and oxygen atoms in total. The number of carbonyl (C=O) groups excluding carboxylic acids is 3. The first-order valence-corrected chi connectivity index (χ1v) is 8.79. The highest BCUT2D eigenvalue weighted by molar-refractivity contribution is 7.13. The first-order valence-electron chi connectivity index (χ1n) is 7.91. The molecule has 2 saturated heterocycles. The van der Waals surface area contributed by atoms with Crippen LogP contribution in [0.3, 0.4) is 0 Å². The summed E-state index contributed by atoms with van der Waals surface area (Å²) >= 11 is 1.37. The minimum atomic E-state index is -0.382. The fourth-order valence-electron chi connectivity index (χ4n) is 2.89. The Balaban J connectivity index is 1.51. The van der Waals surface area contributed by atoms with Gasteiger partial charge in [0.25, 0.3) is 0 Å². The van der Waals surface area contributed by atoms with Crippen LogP contribution in [-0.2, 0) is 20.9 Å². The number of carbonyl (C=O) groups is 3. The number of rotatable bonds is 5. The lowest BCUT2D eigenvalue weighted by atomic mass is 10.1. The van der Waals surface area contributed by atoms with Crippen LogP contribution in [0.15, 0.2) is 5.38 Å². The van der Waals surface area contributed by atoms with Gasteiger partial charge >= 0.3 is 0 Å². The zero-order valence-electron chi connectivity index (χ0n) is 12.9. The van der Waals surface area contributed by atoms with E-state index in [1.165, 1.54) is 30.6 Å². The lowest BCUT2D eigenvalue weighted by molar-refractivity contribution is -0.141. The lowest BCUT2D eigenvalue weighted by Crippen LogP contribution is -2.36. The molecule has 3 rings (SSSR count). The van der Waals surface area contributed by atoms with Crippen molar-refractivity contribution < 1.29 is 14.4 Å². The van der Waals surface area contributed by atoms with Gasteiger partial charge in [0.2, 0.25) is 17.7 Å². The molecule has 0 aromatic carbocycles. The van der Waals surface area contributed by atoms with Crippen molar-refractivity contribution in [3.05, 3.63) is 11.1 Å². The van der Waals surface area contributed by atoms with Gasteiger partial charge in [-0.1, -0.05) is 6.42 Å². The van der Waals surface area contributed by atoms with Crippen LogP contribution in [0.1, 0.15) is 37.8 Å². The molecule has 124 valence electrons. The van der Waals surface area contributed by atoms with E-state index in [-0.39, 0.29) is 37.1 Å². The number of likely N-dealkylation sites (tertiary alicyclic amines) is 2. The van der Waals surface area contributed by atoms with E-state index in [1.54, 1.807) is 0 Å². The average molecular weight is 336 g/mol. The summed E-state index contributed by atoms with van der Waals surface area (Å²) in [5.41, 5.74) is 0.945. The topological polar surface area (TPSA) is 82.6 Å². The van der Waals surface area contributed by atoms with Gasteiger partial charge in [0.1, 0.15) is 6.54 Å². The fourth-order valence-corrected chi connectivity index (χ4v) is 3.60. The van der Waals surface area contributed by atoms with E-state index in [2.05, 4.69) is 15.2 Å². The average Bonchev–Trinajstić information content (AvgIpc) is 3.09. The number of piperidine rings is 1. The normalized spacial score (nSPS) is 19.4. The van der Waals surface area contributed by atoms with Gasteiger partial charge in [0.15, 0.2) is 5.13 Å². The SMILES string of the molecule is O=C(CN1C(=O)CCC1=O)Nc1nc(CN2CCCCC2)cs1. The highest BCUT2D eigenvalue weighted by atomic mass is 32.1. The summed E-state index contributed by atoms with van der Waals surface area (Å²) in [6, 6.07) is 0. The van der Waals surface area contributed by atoms with Crippen molar-refractivity contribution in [1.82, 2.24) is 14.8 Å². The monoisotopic (exact) mass is 336 g/mol. The number of nitrogens with zero attached hydrogens (tertiary/aromatic N) is 3. The number of amides is 3. The molecule has 1 aromatic rings. The molecule has 8 heteroatoms. The van der Waals surface area contributed by atoms with Crippen LogP contribution in [0.5, 0.6) is 0 Å². The van der Waals surface area contributed by atoms with E-state index in [9.17, 15) is 14.4 Å². The van der Waals surface area contributed by atoms with Crippen molar-refractivity contribution in [3.8, 4) is 0 Å². The van der Waals surface area contributed by atoms with Crippen LogP contribution in [0.2, 0.25) is 0 Å². The maximum Gasteiger partial charge on any atom is 0.246 e. The largest absolute Gasteiger partial charge is 0.300 e. The predicted molar refractivity (Wildman–Crippen MR) is 85.8 cm³/mol. The molecule has 1 aromatic heterocycles. The highest BCUT2D eigenvalue weighted by Crippen LogP contribution is 2.19. The molecule has 2 aliphatic heterocycles. The van der Waals surface area contributed by atoms with Gasteiger partial charge in [0.05, 0.1) is 5.69 Å². The van der Waals surface area contributed by atoms with Crippen molar-refractivity contribution in [3.63, 3.8) is 0 Å². The third-order valence-electron chi connectivity index (χ3n) is 4.09. The smallest absolute Gasteiger partial charge is 0.246 e. The Morgan fingerprint density at radius 3 is 2.57 bits per heavy atom. The number of nitrogens with one attached hydrogen (secondary N) is 1. The Hall–Kier alpha value is -1.80. The van der Waals surface area contributed by atoms with Crippen molar-refractivity contribution in [1.29, 1.82) is 0 Å². The van der Waals surface area contributed by atoms with Crippen molar-refractivity contribution in [2.75, 3.05) is 25.0 Å². The molecule has 23 heavy (non-hydrogen) atoms. The van der Waals surface area contributed by atoms with Gasteiger partial charge in [0, 0.05) is 24.8 Å². The minimum Gasteiger partial charge on any atom is -0.300 e. The van der Waals surface area contributed by atoms with Gasteiger partial charge in [-0.2, -0.15) is 0 Å². The molecule has 0 saturated carbocycles. The Labute approximate surface area is 138 Å². The fraction of sp³-hybridized carbons (Fsp3) is 0.600. The van der Waals surface area contributed by atoms with E-state index < -0.39 is 0 Å². The van der Waals surface area contributed by atoms with Crippen LogP contribution in [0, 0.1) is 0 Å². The maximum absolute atomic E-state index is 12.0. The molecular weight excluding hydrogens is 316 g/mol. The summed E-state index contributed by atoms with van der Waals surface area (Å²) < 4.78 is 0. The number of thiazole rings is 1. The van der Waals surface area contributed by atoms with Gasteiger partial charge in [-0.15, -0.1) is 11.3 Å². The van der Waals surface area contributed by atoms with Crippen molar-refractivity contribution in [2.45, 2.75) is 38.6 Å². The zero-order chi connectivity index (χ0) is 16.2. The summed E-state index contributed by atoms with van der Waals surface area (Å²) in [5.74, 6) is -0.947. The molecule has 0 spiro atoms. The molecule has 0 unspecified atom stereocenters. The number of aromatic nitrogens is 1. The zero-order valence-corrected chi connectivity index (χ0v) is 13.7. The van der Waals surface area contributed by atoms with Gasteiger partial charge in [-0.05, 0) is 25.9 Å². The molecular formula is C15H20N4O3S. The first kappa shape index (κ1) is 16.1. The van der Waals surface area contributed by atoms with E-state index in [0.29, 0.717) is 5.13 Å². The molecule has 0 radical (unpaired) electrons. The number of imide groups is 1. The minimum absolute atomic E-state index is 0.198. The van der Waals surface area contributed by atoms with E-state index >= 15 is 0 Å². The van der Waals surface area contributed by atoms with Gasteiger partial charge in [-0.3, -0.25) is 24.2 Å². The Kier molecular flexibility index (Phi) is 5.02. The standard InChI is InChI=1S/C15H20N4O3S/c20-12(9-19-13(21)4-5-14(19)22)17-15-16-11(10-23-15)8-18-6-2-1-3-7-18/h10H,1-9H2,(H,16,17,20). The van der Waals surface area contributed by atoms with E-state index in [4.69, 9.17) is 0 Å². The highest BCUT2D eigenvalue weighted by Gasteiger charge is 2.30. The third kappa shape index (κ3) is 4.14. The second kappa shape index (κ2) is 7.18. The lowest BCUT2D eigenvalue weighted by Gasteiger charge is -2.25. The summed E-state index contributed by atoms with van der Waals surface area (Å²) in [4.78, 5) is 42.8. The Morgan fingerprint density at radius 1 is 1.17 bits per heavy atom. The van der Waals surface area contributed by atoms with Crippen molar-refractivity contribution in [2.24, 2.45) is 0 Å². The molecule has 0 aliphatic carbocycles.